The van der Waals surface area contributed by atoms with Gasteiger partial charge in [-0.15, -0.1) is 0 Å². The maximum atomic E-state index is 13.7. The Bertz CT molecular complexity index is 657. The van der Waals surface area contributed by atoms with Crippen LogP contribution in [-0.4, -0.2) is 48.3 Å². The number of amides is 3. The largest absolute Gasteiger partial charge is 0.354 e. The van der Waals surface area contributed by atoms with E-state index in [4.69, 9.17) is 0 Å². The fraction of sp³-hybridized carbons (Fsp3) is 0.526. The summed E-state index contributed by atoms with van der Waals surface area (Å²) in [6, 6.07) is 4.82. The van der Waals surface area contributed by atoms with Crippen LogP contribution < -0.4 is 10.6 Å². The van der Waals surface area contributed by atoms with E-state index in [0.717, 1.165) is 25.9 Å². The molecule has 2 N–H and O–H groups in total. The van der Waals surface area contributed by atoms with Crippen LogP contribution in [0.1, 0.15) is 43.5 Å². The van der Waals surface area contributed by atoms with E-state index in [2.05, 4.69) is 10.6 Å². The standard InChI is InChI=1S/C19H26FN3O3/c1-13(2)17(22-18(25)14-7-3-4-8-15(14)20)19(26)21-10-9-16(24)23-11-5-6-12-23/h3-4,7-8,13,17H,5-6,9-12H2,1-2H3,(H,21,26)(H,22,25). The molecule has 6 nitrogen and oxygen atoms in total. The molecule has 0 aromatic heterocycles. The number of nitrogens with zero attached hydrogens (tertiary/aromatic N) is 1. The molecule has 1 aromatic rings. The normalized spacial score (nSPS) is 15.0. The molecule has 1 heterocycles. The first-order valence-electron chi connectivity index (χ1n) is 9.01. The van der Waals surface area contributed by atoms with E-state index >= 15 is 0 Å². The van der Waals surface area contributed by atoms with E-state index in [1.165, 1.54) is 18.2 Å². The van der Waals surface area contributed by atoms with Crippen molar-refractivity contribution in [3.63, 3.8) is 0 Å². The zero-order valence-electron chi connectivity index (χ0n) is 15.3. The Morgan fingerprint density at radius 1 is 1.15 bits per heavy atom. The molecule has 1 unspecified atom stereocenters. The molecular formula is C19H26FN3O3. The zero-order chi connectivity index (χ0) is 19.1. The molecule has 0 spiro atoms. The zero-order valence-corrected chi connectivity index (χ0v) is 15.3. The van der Waals surface area contributed by atoms with Gasteiger partial charge in [0.1, 0.15) is 11.9 Å². The minimum Gasteiger partial charge on any atom is -0.354 e. The topological polar surface area (TPSA) is 78.5 Å². The lowest BCUT2D eigenvalue weighted by Gasteiger charge is -2.22. The van der Waals surface area contributed by atoms with Crippen molar-refractivity contribution < 1.29 is 18.8 Å². The van der Waals surface area contributed by atoms with E-state index < -0.39 is 17.8 Å². The van der Waals surface area contributed by atoms with Crippen LogP contribution in [0.3, 0.4) is 0 Å². The van der Waals surface area contributed by atoms with Gasteiger partial charge in [0.15, 0.2) is 0 Å². The average Bonchev–Trinajstić information content (AvgIpc) is 3.14. The maximum Gasteiger partial charge on any atom is 0.254 e. The molecule has 7 heteroatoms. The minimum atomic E-state index is -0.802. The van der Waals surface area contributed by atoms with Gasteiger partial charge in [0.25, 0.3) is 5.91 Å². The number of likely N-dealkylation sites (tertiary alicyclic amines) is 1. The summed E-state index contributed by atoms with van der Waals surface area (Å²) in [6.07, 6.45) is 2.28. The summed E-state index contributed by atoms with van der Waals surface area (Å²) in [5.41, 5.74) is -0.102. The second-order valence-corrected chi connectivity index (χ2v) is 6.80. The highest BCUT2D eigenvalue weighted by atomic mass is 19.1. The third-order valence-electron chi connectivity index (χ3n) is 4.45. The second kappa shape index (κ2) is 9.31. The first-order valence-corrected chi connectivity index (χ1v) is 9.01. The highest BCUT2D eigenvalue weighted by molar-refractivity contribution is 5.97. The third-order valence-corrected chi connectivity index (χ3v) is 4.45. The smallest absolute Gasteiger partial charge is 0.254 e. The van der Waals surface area contributed by atoms with Crippen molar-refractivity contribution in [2.45, 2.75) is 39.2 Å². The van der Waals surface area contributed by atoms with Crippen LogP contribution >= 0.6 is 0 Å². The molecule has 0 bridgehead atoms. The van der Waals surface area contributed by atoms with Crippen LogP contribution in [0.2, 0.25) is 0 Å². The average molecular weight is 363 g/mol. The first kappa shape index (κ1) is 19.9. The number of rotatable bonds is 7. The predicted octanol–water partition coefficient (Wildman–Crippen LogP) is 1.71. The van der Waals surface area contributed by atoms with Crippen molar-refractivity contribution >= 4 is 17.7 Å². The van der Waals surface area contributed by atoms with Gasteiger partial charge in [-0.25, -0.2) is 4.39 Å². The molecule has 1 aliphatic rings. The van der Waals surface area contributed by atoms with E-state index in [1.54, 1.807) is 24.8 Å². The Morgan fingerprint density at radius 3 is 2.42 bits per heavy atom. The molecule has 1 aromatic carbocycles. The molecule has 26 heavy (non-hydrogen) atoms. The maximum absolute atomic E-state index is 13.7. The molecule has 2 rings (SSSR count). The number of carbonyl (C=O) groups excluding carboxylic acids is 3. The molecule has 1 atom stereocenters. The number of carbonyl (C=O) groups is 3. The number of nitrogens with one attached hydrogen (secondary N) is 2. The van der Waals surface area contributed by atoms with Gasteiger partial charge >= 0.3 is 0 Å². The first-order chi connectivity index (χ1) is 12.4. The molecule has 0 saturated carbocycles. The van der Waals surface area contributed by atoms with Gasteiger partial charge in [-0.1, -0.05) is 26.0 Å². The van der Waals surface area contributed by atoms with Gasteiger partial charge in [-0.3, -0.25) is 14.4 Å². The molecule has 1 aliphatic heterocycles. The van der Waals surface area contributed by atoms with Crippen LogP contribution in [0.25, 0.3) is 0 Å². The number of hydrogen-bond donors (Lipinski definition) is 2. The van der Waals surface area contributed by atoms with Gasteiger partial charge in [0.05, 0.1) is 5.56 Å². The summed E-state index contributed by atoms with van der Waals surface area (Å²) in [6.45, 7) is 5.36. The number of halogens is 1. The second-order valence-electron chi connectivity index (χ2n) is 6.80. The lowest BCUT2D eigenvalue weighted by atomic mass is 10.0. The fourth-order valence-corrected chi connectivity index (χ4v) is 2.93. The Morgan fingerprint density at radius 2 is 1.81 bits per heavy atom. The predicted molar refractivity (Wildman–Crippen MR) is 95.9 cm³/mol. The van der Waals surface area contributed by atoms with E-state index in [1.807, 2.05) is 0 Å². The molecule has 0 aliphatic carbocycles. The molecule has 1 saturated heterocycles. The highest BCUT2D eigenvalue weighted by Crippen LogP contribution is 2.10. The van der Waals surface area contributed by atoms with Crippen LogP contribution in [0.15, 0.2) is 24.3 Å². The summed E-state index contributed by atoms with van der Waals surface area (Å²) >= 11 is 0. The monoisotopic (exact) mass is 363 g/mol. The molecule has 1 fully saturated rings. The van der Waals surface area contributed by atoms with Crippen molar-refractivity contribution in [2.24, 2.45) is 5.92 Å². The summed E-state index contributed by atoms with van der Waals surface area (Å²) in [5, 5.41) is 5.28. The lowest BCUT2D eigenvalue weighted by molar-refractivity contribution is -0.130. The third kappa shape index (κ3) is 5.28. The number of hydrogen-bond acceptors (Lipinski definition) is 3. The summed E-state index contributed by atoms with van der Waals surface area (Å²) in [5.74, 6) is -1.80. The SMILES string of the molecule is CC(C)C(NC(=O)c1ccccc1F)C(=O)NCCC(=O)N1CCCC1. The van der Waals surface area contributed by atoms with Crippen LogP contribution in [0, 0.1) is 11.7 Å². The summed E-state index contributed by atoms with van der Waals surface area (Å²) in [4.78, 5) is 38.4. The van der Waals surface area contributed by atoms with E-state index in [-0.39, 0.29) is 36.3 Å². The van der Waals surface area contributed by atoms with Crippen molar-refractivity contribution in [1.29, 1.82) is 0 Å². The van der Waals surface area contributed by atoms with Gasteiger partial charge < -0.3 is 15.5 Å². The lowest BCUT2D eigenvalue weighted by Crippen LogP contribution is -2.50. The van der Waals surface area contributed by atoms with Crippen molar-refractivity contribution in [2.75, 3.05) is 19.6 Å². The van der Waals surface area contributed by atoms with Crippen molar-refractivity contribution in [3.05, 3.63) is 35.6 Å². The van der Waals surface area contributed by atoms with Gasteiger partial charge in [0.2, 0.25) is 11.8 Å². The van der Waals surface area contributed by atoms with Crippen molar-refractivity contribution in [1.82, 2.24) is 15.5 Å². The van der Waals surface area contributed by atoms with Gasteiger partial charge in [-0.2, -0.15) is 0 Å². The molecular weight excluding hydrogens is 337 g/mol. The Balaban J connectivity index is 1.87. The fourth-order valence-electron chi connectivity index (χ4n) is 2.93. The van der Waals surface area contributed by atoms with Gasteiger partial charge in [0, 0.05) is 26.1 Å². The summed E-state index contributed by atoms with van der Waals surface area (Å²) < 4.78 is 13.7. The molecule has 0 radical (unpaired) electrons. The number of benzene rings is 1. The Labute approximate surface area is 153 Å². The van der Waals surface area contributed by atoms with E-state index in [0.29, 0.717) is 0 Å². The minimum absolute atomic E-state index is 0.0271. The van der Waals surface area contributed by atoms with Crippen LogP contribution in [0.5, 0.6) is 0 Å². The van der Waals surface area contributed by atoms with Crippen LogP contribution in [-0.2, 0) is 9.59 Å². The summed E-state index contributed by atoms with van der Waals surface area (Å²) in [7, 11) is 0. The van der Waals surface area contributed by atoms with E-state index in [9.17, 15) is 18.8 Å². The van der Waals surface area contributed by atoms with Crippen LogP contribution in [0.4, 0.5) is 4.39 Å². The Kier molecular flexibility index (Phi) is 7.12. The van der Waals surface area contributed by atoms with Crippen molar-refractivity contribution in [3.8, 4) is 0 Å². The highest BCUT2D eigenvalue weighted by Gasteiger charge is 2.26. The van der Waals surface area contributed by atoms with Gasteiger partial charge in [-0.05, 0) is 30.9 Å². The quantitative estimate of drug-likeness (QED) is 0.774. The Hall–Kier alpha value is -2.44. The molecule has 142 valence electrons. The molecule has 3 amide bonds.